The first-order valence-corrected chi connectivity index (χ1v) is 3.17. The summed E-state index contributed by atoms with van der Waals surface area (Å²) in [6, 6.07) is 0. The molecule has 3 aliphatic heterocycles. The lowest BCUT2D eigenvalue weighted by atomic mass is 9.85. The van der Waals surface area contributed by atoms with E-state index in [1.807, 2.05) is 0 Å². The summed E-state index contributed by atoms with van der Waals surface area (Å²) in [5.41, 5.74) is 0.592. The van der Waals surface area contributed by atoms with Gasteiger partial charge in [-0.15, -0.1) is 0 Å². The second-order valence-corrected chi connectivity index (χ2v) is 3.77. The van der Waals surface area contributed by atoms with Gasteiger partial charge in [0.25, 0.3) is 0 Å². The molecule has 0 unspecified atom stereocenters. The number of quaternary nitrogens is 1. The maximum atomic E-state index is 2.35. The first-order valence-electron chi connectivity index (χ1n) is 3.17. The van der Waals surface area contributed by atoms with Gasteiger partial charge in [-0.1, -0.05) is 0 Å². The average Bonchev–Trinajstić information content (AvgIpc) is 1.88. The maximum absolute atomic E-state index is 2.35. The fourth-order valence-electron chi connectivity index (χ4n) is 2.17. The highest BCUT2D eigenvalue weighted by molar-refractivity contribution is 5.07. The van der Waals surface area contributed by atoms with E-state index in [0.717, 1.165) is 0 Å². The zero-order valence-corrected chi connectivity index (χ0v) is 5.52. The van der Waals surface area contributed by atoms with E-state index >= 15 is 0 Å². The molecule has 0 aromatic rings. The van der Waals surface area contributed by atoms with Gasteiger partial charge < -0.3 is 0 Å². The number of hydrogen-bond acceptors (Lipinski definition) is 0. The molecule has 0 saturated carbocycles. The highest BCUT2D eigenvalue weighted by Gasteiger charge is 2.53. The summed E-state index contributed by atoms with van der Waals surface area (Å²) in [5.74, 6) is 0. The molecule has 3 heterocycles. The van der Waals surface area contributed by atoms with Crippen molar-refractivity contribution in [2.45, 2.75) is 6.92 Å². The van der Waals surface area contributed by atoms with Gasteiger partial charge in [-0.25, -0.2) is 0 Å². The summed E-state index contributed by atoms with van der Waals surface area (Å²) in [6.45, 7) is 5.01. The molecule has 3 aliphatic rings. The monoisotopic (exact) mass is 110 g/mol. The smallest absolute Gasteiger partial charge is 0.0973 e. The number of hydrogen-bond donors (Lipinski definition) is 0. The van der Waals surface area contributed by atoms with Crippen LogP contribution in [0.25, 0.3) is 0 Å². The van der Waals surface area contributed by atoms with E-state index in [9.17, 15) is 0 Å². The average molecular weight is 110 g/mol. The van der Waals surface area contributed by atoms with Gasteiger partial charge in [-0.2, -0.15) is 0 Å². The van der Waals surface area contributed by atoms with Crippen molar-refractivity contribution in [1.29, 1.82) is 0 Å². The Morgan fingerprint density at radius 1 is 1.50 bits per heavy atom. The minimum atomic E-state index is 0.592. The van der Waals surface area contributed by atoms with Gasteiger partial charge in [-0.05, 0) is 13.0 Å². The zero-order valence-electron chi connectivity index (χ0n) is 5.52. The SMILES string of the molecule is CC12C=C[N+](C)(C1)C2. The molecule has 3 rings (SSSR count). The van der Waals surface area contributed by atoms with E-state index in [-0.39, 0.29) is 0 Å². The second kappa shape index (κ2) is 0.883. The van der Waals surface area contributed by atoms with Gasteiger partial charge in [0.15, 0.2) is 0 Å². The van der Waals surface area contributed by atoms with Gasteiger partial charge in [0.1, 0.15) is 0 Å². The number of rotatable bonds is 0. The molecule has 0 amide bonds. The Hall–Kier alpha value is -0.300. The van der Waals surface area contributed by atoms with Gasteiger partial charge in [0.05, 0.1) is 31.8 Å². The van der Waals surface area contributed by atoms with Crippen molar-refractivity contribution < 1.29 is 4.48 Å². The van der Waals surface area contributed by atoms with Crippen molar-refractivity contribution in [3.8, 4) is 0 Å². The van der Waals surface area contributed by atoms with Crippen LogP contribution in [0.4, 0.5) is 0 Å². The predicted molar refractivity (Wildman–Crippen MR) is 33.2 cm³/mol. The molecule has 0 atom stereocenters. The Labute approximate surface area is 50.2 Å². The zero-order chi connectivity index (χ0) is 5.83. The van der Waals surface area contributed by atoms with Crippen LogP contribution in [0, 0.1) is 5.41 Å². The van der Waals surface area contributed by atoms with E-state index < -0.39 is 0 Å². The summed E-state index contributed by atoms with van der Waals surface area (Å²) in [5, 5.41) is 0. The van der Waals surface area contributed by atoms with Gasteiger partial charge >= 0.3 is 0 Å². The van der Waals surface area contributed by atoms with Crippen LogP contribution in [-0.4, -0.2) is 24.6 Å². The summed E-state index contributed by atoms with van der Waals surface area (Å²) in [6.07, 6.45) is 4.67. The van der Waals surface area contributed by atoms with Crippen LogP contribution in [0.1, 0.15) is 6.92 Å². The normalized spacial score (nSPS) is 58.8. The molecule has 0 N–H and O–H groups in total. The van der Waals surface area contributed by atoms with E-state index in [1.54, 1.807) is 0 Å². The molecule has 0 spiro atoms. The molecular weight excluding hydrogens is 98.1 g/mol. The van der Waals surface area contributed by atoms with Crippen LogP contribution < -0.4 is 0 Å². The molecule has 1 saturated heterocycles. The molecule has 1 heteroatoms. The number of nitrogens with zero attached hydrogens (tertiary/aromatic N) is 1. The van der Waals surface area contributed by atoms with Gasteiger partial charge in [0.2, 0.25) is 0 Å². The molecule has 8 heavy (non-hydrogen) atoms. The second-order valence-electron chi connectivity index (χ2n) is 3.77. The van der Waals surface area contributed by atoms with Crippen molar-refractivity contribution in [2.24, 2.45) is 5.41 Å². The van der Waals surface area contributed by atoms with E-state index in [2.05, 4.69) is 26.2 Å². The van der Waals surface area contributed by atoms with Crippen LogP contribution in [0.5, 0.6) is 0 Å². The highest BCUT2D eigenvalue weighted by Crippen LogP contribution is 2.43. The van der Waals surface area contributed by atoms with Crippen molar-refractivity contribution in [3.05, 3.63) is 12.3 Å². The Balaban J connectivity index is 2.33. The summed E-state index contributed by atoms with van der Waals surface area (Å²) in [4.78, 5) is 0. The van der Waals surface area contributed by atoms with Crippen molar-refractivity contribution >= 4 is 0 Å². The third-order valence-corrected chi connectivity index (χ3v) is 2.28. The van der Waals surface area contributed by atoms with E-state index in [1.165, 1.54) is 17.6 Å². The van der Waals surface area contributed by atoms with E-state index in [0.29, 0.717) is 5.41 Å². The van der Waals surface area contributed by atoms with Crippen molar-refractivity contribution in [1.82, 2.24) is 0 Å². The molecular formula is C7H12N+. The molecule has 1 nitrogen and oxygen atoms in total. The first kappa shape index (κ1) is 4.57. The topological polar surface area (TPSA) is 0 Å². The Morgan fingerprint density at radius 2 is 2.12 bits per heavy atom. The quantitative estimate of drug-likeness (QED) is 0.408. The van der Waals surface area contributed by atoms with Gasteiger partial charge in [0, 0.05) is 0 Å². The molecule has 0 aromatic carbocycles. The lowest BCUT2D eigenvalue weighted by molar-refractivity contribution is -0.905. The van der Waals surface area contributed by atoms with Crippen LogP contribution in [0.15, 0.2) is 12.3 Å². The summed E-state index contributed by atoms with van der Waals surface area (Å²) >= 11 is 0. The van der Waals surface area contributed by atoms with Crippen molar-refractivity contribution in [2.75, 3.05) is 20.1 Å². The lowest BCUT2D eigenvalue weighted by Crippen LogP contribution is -2.57. The van der Waals surface area contributed by atoms with E-state index in [4.69, 9.17) is 0 Å². The van der Waals surface area contributed by atoms with Crippen LogP contribution in [0.2, 0.25) is 0 Å². The maximum Gasteiger partial charge on any atom is 0.0973 e. The lowest BCUT2D eigenvalue weighted by Gasteiger charge is -2.43. The molecule has 0 radical (unpaired) electrons. The largest absolute Gasteiger partial charge is 0.298 e. The van der Waals surface area contributed by atoms with Crippen LogP contribution in [-0.2, 0) is 0 Å². The Morgan fingerprint density at radius 3 is 2.25 bits per heavy atom. The highest BCUT2D eigenvalue weighted by atomic mass is 15.4. The first-order chi connectivity index (χ1) is 3.62. The summed E-state index contributed by atoms with van der Waals surface area (Å²) in [7, 11) is 2.28. The molecule has 0 aliphatic carbocycles. The molecule has 44 valence electrons. The Kier molecular flexibility index (Phi) is 0.504. The molecule has 0 aromatic heterocycles. The standard InChI is InChI=1S/C7H12N/c1-7-3-4-8(2,5-7)6-7/h3-4H,5-6H2,1-2H3/q+1. The third kappa shape index (κ3) is 0.360. The minimum Gasteiger partial charge on any atom is -0.298 e. The molecule has 2 bridgehead atoms. The van der Waals surface area contributed by atoms with Crippen LogP contribution >= 0.6 is 0 Å². The fourth-order valence-corrected chi connectivity index (χ4v) is 2.17. The summed E-state index contributed by atoms with van der Waals surface area (Å²) < 4.78 is 1.19. The third-order valence-electron chi connectivity index (χ3n) is 2.28. The predicted octanol–water partition coefficient (Wildman–Crippen LogP) is 0.980. The van der Waals surface area contributed by atoms with Crippen molar-refractivity contribution in [3.63, 3.8) is 0 Å². The van der Waals surface area contributed by atoms with Gasteiger partial charge in [-0.3, -0.25) is 4.48 Å². The van der Waals surface area contributed by atoms with Crippen LogP contribution in [0.3, 0.4) is 0 Å². The minimum absolute atomic E-state index is 0.592. The Bertz CT molecular complexity index is 136. The molecule has 1 fully saturated rings. The fraction of sp³-hybridized carbons (Fsp3) is 0.714.